The summed E-state index contributed by atoms with van der Waals surface area (Å²) in [6, 6.07) is 0. The molecular formula is C10H22N2. The normalized spacial score (nSPS) is 16.1. The summed E-state index contributed by atoms with van der Waals surface area (Å²) in [5.74, 6) is 0. The molecule has 0 bridgehead atoms. The number of nitrogens with zero attached hydrogens (tertiary/aromatic N) is 1. The molecular weight excluding hydrogens is 148 g/mol. The van der Waals surface area contributed by atoms with Crippen molar-refractivity contribution in [1.82, 2.24) is 4.90 Å². The zero-order valence-electron chi connectivity index (χ0n) is 8.64. The fraction of sp³-hybridized carbons (Fsp3) is 0.800. The Balaban J connectivity index is 3.92. The first-order valence-electron chi connectivity index (χ1n) is 4.57. The summed E-state index contributed by atoms with van der Waals surface area (Å²) in [7, 11) is 2.10. The molecule has 0 aromatic carbocycles. The fourth-order valence-corrected chi connectivity index (χ4v) is 1.26. The monoisotopic (exact) mass is 170 g/mol. The van der Waals surface area contributed by atoms with Gasteiger partial charge in [-0.15, -0.1) is 6.58 Å². The van der Waals surface area contributed by atoms with Crippen LogP contribution in [0.1, 0.15) is 20.3 Å². The summed E-state index contributed by atoms with van der Waals surface area (Å²) in [5, 5.41) is 0. The lowest BCUT2D eigenvalue weighted by molar-refractivity contribution is 0.205. The van der Waals surface area contributed by atoms with Gasteiger partial charge in [0, 0.05) is 13.1 Å². The highest BCUT2D eigenvalue weighted by atomic mass is 15.1. The second kappa shape index (κ2) is 5.33. The summed E-state index contributed by atoms with van der Waals surface area (Å²) in [6.45, 7) is 10.9. The van der Waals surface area contributed by atoms with Crippen LogP contribution in [-0.4, -0.2) is 31.6 Å². The molecule has 12 heavy (non-hydrogen) atoms. The van der Waals surface area contributed by atoms with E-state index in [4.69, 9.17) is 5.73 Å². The van der Waals surface area contributed by atoms with Gasteiger partial charge in [-0.25, -0.2) is 0 Å². The molecule has 0 aliphatic heterocycles. The Hall–Kier alpha value is -0.340. The first-order chi connectivity index (χ1) is 5.58. The molecule has 0 amide bonds. The van der Waals surface area contributed by atoms with Gasteiger partial charge in [-0.05, 0) is 25.4 Å². The van der Waals surface area contributed by atoms with Gasteiger partial charge >= 0.3 is 0 Å². The van der Waals surface area contributed by atoms with E-state index in [2.05, 4.69) is 32.4 Å². The maximum atomic E-state index is 5.71. The van der Waals surface area contributed by atoms with Crippen LogP contribution >= 0.6 is 0 Å². The predicted octanol–water partition coefficient (Wildman–Crippen LogP) is 1.48. The lowest BCUT2D eigenvalue weighted by Crippen LogP contribution is -2.38. The van der Waals surface area contributed by atoms with Crippen LogP contribution in [0.15, 0.2) is 12.7 Å². The molecule has 2 nitrogen and oxygen atoms in total. The third-order valence-electron chi connectivity index (χ3n) is 2.44. The average molecular weight is 170 g/mol. The first-order valence-corrected chi connectivity index (χ1v) is 4.57. The molecule has 0 heterocycles. The number of hydrogen-bond donors (Lipinski definition) is 1. The average Bonchev–Trinajstić information content (AvgIpc) is 2.05. The molecule has 0 aromatic heterocycles. The standard InChI is InChI=1S/C10H22N2/c1-5-7-12(4)9-10(3,6-2)8-11/h5H,1,6-9,11H2,2-4H3. The molecule has 0 radical (unpaired) electrons. The van der Waals surface area contributed by atoms with Gasteiger partial charge < -0.3 is 10.6 Å². The highest BCUT2D eigenvalue weighted by molar-refractivity contribution is 4.80. The van der Waals surface area contributed by atoms with E-state index in [1.54, 1.807) is 0 Å². The van der Waals surface area contributed by atoms with E-state index < -0.39 is 0 Å². The molecule has 0 rings (SSSR count). The molecule has 0 aromatic rings. The molecule has 72 valence electrons. The Labute approximate surface area is 76.4 Å². The molecule has 0 fully saturated rings. The molecule has 0 spiro atoms. The van der Waals surface area contributed by atoms with E-state index in [1.165, 1.54) is 0 Å². The second-order valence-electron chi connectivity index (χ2n) is 3.85. The van der Waals surface area contributed by atoms with Gasteiger partial charge in [0.2, 0.25) is 0 Å². The Bertz CT molecular complexity index is 128. The minimum Gasteiger partial charge on any atom is -0.330 e. The Morgan fingerprint density at radius 2 is 2.17 bits per heavy atom. The topological polar surface area (TPSA) is 29.3 Å². The van der Waals surface area contributed by atoms with Gasteiger partial charge in [0.05, 0.1) is 0 Å². The van der Waals surface area contributed by atoms with E-state index in [0.717, 1.165) is 26.1 Å². The summed E-state index contributed by atoms with van der Waals surface area (Å²) in [5.41, 5.74) is 5.97. The lowest BCUT2D eigenvalue weighted by Gasteiger charge is -2.31. The minimum atomic E-state index is 0.262. The molecule has 0 saturated carbocycles. The van der Waals surface area contributed by atoms with E-state index in [1.807, 2.05) is 6.08 Å². The van der Waals surface area contributed by atoms with Crippen molar-refractivity contribution < 1.29 is 0 Å². The molecule has 2 heteroatoms. The van der Waals surface area contributed by atoms with E-state index in [-0.39, 0.29) is 5.41 Å². The van der Waals surface area contributed by atoms with Gasteiger partial charge in [0.25, 0.3) is 0 Å². The fourth-order valence-electron chi connectivity index (χ4n) is 1.26. The molecule has 0 saturated heterocycles. The van der Waals surface area contributed by atoms with Crippen LogP contribution in [0.25, 0.3) is 0 Å². The van der Waals surface area contributed by atoms with Gasteiger partial charge in [-0.1, -0.05) is 19.9 Å². The number of rotatable bonds is 6. The highest BCUT2D eigenvalue weighted by Gasteiger charge is 2.21. The summed E-state index contributed by atoms with van der Waals surface area (Å²) >= 11 is 0. The van der Waals surface area contributed by atoms with Gasteiger partial charge in [0.1, 0.15) is 0 Å². The van der Waals surface area contributed by atoms with E-state index in [9.17, 15) is 0 Å². The number of likely N-dealkylation sites (N-methyl/N-ethyl adjacent to an activating group) is 1. The third kappa shape index (κ3) is 3.88. The smallest absolute Gasteiger partial charge is 0.0157 e. The van der Waals surface area contributed by atoms with Crippen LogP contribution in [-0.2, 0) is 0 Å². The zero-order valence-corrected chi connectivity index (χ0v) is 8.64. The molecule has 2 N–H and O–H groups in total. The number of nitrogens with two attached hydrogens (primary N) is 1. The van der Waals surface area contributed by atoms with Crippen molar-refractivity contribution in [3.63, 3.8) is 0 Å². The maximum absolute atomic E-state index is 5.71. The largest absolute Gasteiger partial charge is 0.330 e. The third-order valence-corrected chi connectivity index (χ3v) is 2.44. The second-order valence-corrected chi connectivity index (χ2v) is 3.85. The van der Waals surface area contributed by atoms with Gasteiger partial charge in [-0.2, -0.15) is 0 Å². The summed E-state index contributed by atoms with van der Waals surface area (Å²) in [6.07, 6.45) is 3.05. The van der Waals surface area contributed by atoms with Gasteiger partial charge in [0.15, 0.2) is 0 Å². The predicted molar refractivity (Wildman–Crippen MR) is 55.1 cm³/mol. The van der Waals surface area contributed by atoms with Crippen LogP contribution in [0, 0.1) is 5.41 Å². The van der Waals surface area contributed by atoms with Crippen molar-refractivity contribution in [1.29, 1.82) is 0 Å². The minimum absolute atomic E-state index is 0.262. The van der Waals surface area contributed by atoms with Gasteiger partial charge in [-0.3, -0.25) is 0 Å². The van der Waals surface area contributed by atoms with Crippen LogP contribution in [0.4, 0.5) is 0 Å². The van der Waals surface area contributed by atoms with Crippen molar-refractivity contribution in [3.8, 4) is 0 Å². The first kappa shape index (κ1) is 11.7. The van der Waals surface area contributed by atoms with Crippen molar-refractivity contribution in [3.05, 3.63) is 12.7 Å². The maximum Gasteiger partial charge on any atom is 0.0157 e. The van der Waals surface area contributed by atoms with Crippen molar-refractivity contribution in [2.24, 2.45) is 11.1 Å². The summed E-state index contributed by atoms with van der Waals surface area (Å²) in [4.78, 5) is 2.25. The SMILES string of the molecule is C=CCN(C)CC(C)(CC)CN. The summed E-state index contributed by atoms with van der Waals surface area (Å²) < 4.78 is 0. The van der Waals surface area contributed by atoms with E-state index in [0.29, 0.717) is 0 Å². The Kier molecular flexibility index (Phi) is 5.18. The van der Waals surface area contributed by atoms with Crippen molar-refractivity contribution in [2.45, 2.75) is 20.3 Å². The zero-order chi connectivity index (χ0) is 9.61. The van der Waals surface area contributed by atoms with E-state index >= 15 is 0 Å². The van der Waals surface area contributed by atoms with Crippen LogP contribution in [0.5, 0.6) is 0 Å². The van der Waals surface area contributed by atoms with Crippen LogP contribution < -0.4 is 5.73 Å². The molecule has 1 atom stereocenters. The Morgan fingerprint density at radius 3 is 2.50 bits per heavy atom. The number of hydrogen-bond acceptors (Lipinski definition) is 2. The highest BCUT2D eigenvalue weighted by Crippen LogP contribution is 2.19. The molecule has 0 aliphatic carbocycles. The van der Waals surface area contributed by atoms with Crippen LogP contribution in [0.3, 0.4) is 0 Å². The lowest BCUT2D eigenvalue weighted by atomic mass is 9.87. The van der Waals surface area contributed by atoms with Crippen molar-refractivity contribution in [2.75, 3.05) is 26.7 Å². The molecule has 0 aliphatic rings. The van der Waals surface area contributed by atoms with Crippen molar-refractivity contribution >= 4 is 0 Å². The van der Waals surface area contributed by atoms with Crippen LogP contribution in [0.2, 0.25) is 0 Å². The Morgan fingerprint density at radius 1 is 1.58 bits per heavy atom. The quantitative estimate of drug-likeness (QED) is 0.612. The molecule has 1 unspecified atom stereocenters.